The summed E-state index contributed by atoms with van der Waals surface area (Å²) in [5.74, 6) is 1.41. The molecule has 29 heavy (non-hydrogen) atoms. The third-order valence-corrected chi connectivity index (χ3v) is 8.95. The van der Waals surface area contributed by atoms with Crippen LogP contribution in [0.25, 0.3) is 0 Å². The summed E-state index contributed by atoms with van der Waals surface area (Å²) in [5, 5.41) is 0. The van der Waals surface area contributed by atoms with Crippen LogP contribution in [-0.2, 0) is 10.0 Å². The Labute approximate surface area is 175 Å². The Balaban J connectivity index is 1.48. The van der Waals surface area contributed by atoms with E-state index in [1.54, 1.807) is 28.6 Å². The molecule has 0 radical (unpaired) electrons. The molecule has 0 N–H and O–H groups in total. The van der Waals surface area contributed by atoms with E-state index in [2.05, 4.69) is 18.7 Å². The minimum absolute atomic E-state index is 0.0720. The van der Waals surface area contributed by atoms with Crippen molar-refractivity contribution in [3.63, 3.8) is 0 Å². The highest BCUT2D eigenvalue weighted by atomic mass is 32.2. The first-order chi connectivity index (χ1) is 13.9. The van der Waals surface area contributed by atoms with Gasteiger partial charge in [0, 0.05) is 30.7 Å². The van der Waals surface area contributed by atoms with Crippen molar-refractivity contribution in [1.82, 2.24) is 9.21 Å². The van der Waals surface area contributed by atoms with Gasteiger partial charge in [-0.1, -0.05) is 13.8 Å². The lowest BCUT2D eigenvalue weighted by Gasteiger charge is -2.36. The fourth-order valence-electron chi connectivity index (χ4n) is 4.80. The highest BCUT2D eigenvalue weighted by Crippen LogP contribution is 2.36. The molecular weight excluding hydrogens is 384 g/mol. The highest BCUT2D eigenvalue weighted by Gasteiger charge is 2.39. The number of carbonyl (C=O) groups excluding carboxylic acids is 1. The third kappa shape index (κ3) is 4.53. The number of sulfonamides is 1. The molecule has 0 bridgehead atoms. The van der Waals surface area contributed by atoms with Gasteiger partial charge >= 0.3 is 0 Å². The summed E-state index contributed by atoms with van der Waals surface area (Å²) in [6.45, 7) is 5.63. The third-order valence-electron chi connectivity index (χ3n) is 7.04. The van der Waals surface area contributed by atoms with E-state index in [0.717, 1.165) is 44.4 Å². The van der Waals surface area contributed by atoms with E-state index in [4.69, 9.17) is 0 Å². The zero-order chi connectivity index (χ0) is 20.6. The summed E-state index contributed by atoms with van der Waals surface area (Å²) >= 11 is 0. The van der Waals surface area contributed by atoms with E-state index in [1.165, 1.54) is 12.8 Å². The van der Waals surface area contributed by atoms with Gasteiger partial charge in [0.2, 0.25) is 10.0 Å². The quantitative estimate of drug-likeness (QED) is 0.717. The second kappa shape index (κ2) is 8.38. The molecule has 0 spiro atoms. The maximum atomic E-state index is 13.3. The molecule has 0 aromatic heterocycles. The molecule has 1 saturated heterocycles. The number of hydrogen-bond acceptors (Lipinski definition) is 3. The van der Waals surface area contributed by atoms with Crippen molar-refractivity contribution in [3.8, 4) is 0 Å². The Morgan fingerprint density at radius 1 is 0.828 bits per heavy atom. The number of rotatable bonds is 5. The SMILES string of the molecule is CC1CCC(N(C(=O)c2ccc(S(=O)(=O)N3CCC(C)CC3)cc2)C2CC2)CC1. The van der Waals surface area contributed by atoms with Gasteiger partial charge in [0.15, 0.2) is 0 Å². The van der Waals surface area contributed by atoms with Crippen molar-refractivity contribution >= 4 is 15.9 Å². The molecule has 3 fully saturated rings. The first-order valence-corrected chi connectivity index (χ1v) is 12.7. The lowest BCUT2D eigenvalue weighted by molar-refractivity contribution is 0.0593. The van der Waals surface area contributed by atoms with Crippen LogP contribution in [0.5, 0.6) is 0 Å². The summed E-state index contributed by atoms with van der Waals surface area (Å²) in [5.41, 5.74) is 0.613. The number of benzene rings is 1. The fourth-order valence-corrected chi connectivity index (χ4v) is 6.27. The number of carbonyl (C=O) groups is 1. The minimum Gasteiger partial charge on any atom is -0.333 e. The van der Waals surface area contributed by atoms with Crippen LogP contribution < -0.4 is 0 Å². The first kappa shape index (κ1) is 20.9. The number of hydrogen-bond donors (Lipinski definition) is 0. The molecule has 0 atom stereocenters. The number of piperidine rings is 1. The van der Waals surface area contributed by atoms with Crippen molar-refractivity contribution in [3.05, 3.63) is 29.8 Å². The monoisotopic (exact) mass is 418 g/mol. The second-order valence-electron chi connectivity index (χ2n) is 9.47. The molecule has 2 aliphatic carbocycles. The largest absolute Gasteiger partial charge is 0.333 e. The summed E-state index contributed by atoms with van der Waals surface area (Å²) in [6, 6.07) is 7.37. The van der Waals surface area contributed by atoms with Crippen LogP contribution in [0.15, 0.2) is 29.2 Å². The number of amides is 1. The van der Waals surface area contributed by atoms with Gasteiger partial charge < -0.3 is 4.90 Å². The summed E-state index contributed by atoms with van der Waals surface area (Å²) in [4.78, 5) is 15.7. The van der Waals surface area contributed by atoms with Gasteiger partial charge in [-0.05, 0) is 87.5 Å². The normalized spacial score (nSPS) is 27.0. The molecule has 1 aromatic carbocycles. The molecule has 2 saturated carbocycles. The second-order valence-corrected chi connectivity index (χ2v) is 11.4. The Morgan fingerprint density at radius 2 is 1.31 bits per heavy atom. The van der Waals surface area contributed by atoms with Crippen LogP contribution in [0.1, 0.15) is 75.6 Å². The molecule has 1 aromatic rings. The van der Waals surface area contributed by atoms with Crippen LogP contribution in [0, 0.1) is 11.8 Å². The minimum atomic E-state index is -3.47. The van der Waals surface area contributed by atoms with Gasteiger partial charge in [0.1, 0.15) is 0 Å². The Hall–Kier alpha value is -1.40. The van der Waals surface area contributed by atoms with Gasteiger partial charge in [-0.15, -0.1) is 0 Å². The number of nitrogens with zero attached hydrogens (tertiary/aromatic N) is 2. The first-order valence-electron chi connectivity index (χ1n) is 11.3. The molecule has 1 aliphatic heterocycles. The average Bonchev–Trinajstić information content (AvgIpc) is 3.55. The molecule has 0 unspecified atom stereocenters. The molecule has 1 amide bonds. The van der Waals surface area contributed by atoms with Gasteiger partial charge in [0.25, 0.3) is 5.91 Å². The van der Waals surface area contributed by atoms with E-state index in [1.807, 2.05) is 0 Å². The molecule has 5 nitrogen and oxygen atoms in total. The van der Waals surface area contributed by atoms with Crippen molar-refractivity contribution < 1.29 is 13.2 Å². The molecule has 3 aliphatic rings. The lowest BCUT2D eigenvalue weighted by Crippen LogP contribution is -2.43. The molecule has 160 valence electrons. The van der Waals surface area contributed by atoms with Crippen LogP contribution >= 0.6 is 0 Å². The van der Waals surface area contributed by atoms with E-state index in [9.17, 15) is 13.2 Å². The smallest absolute Gasteiger partial charge is 0.254 e. The predicted molar refractivity (Wildman–Crippen MR) is 114 cm³/mol. The van der Waals surface area contributed by atoms with E-state index in [0.29, 0.717) is 41.6 Å². The van der Waals surface area contributed by atoms with Crippen LogP contribution in [-0.4, -0.2) is 48.7 Å². The zero-order valence-corrected chi connectivity index (χ0v) is 18.5. The Kier molecular flexibility index (Phi) is 6.03. The molecular formula is C23H34N2O3S. The molecule has 6 heteroatoms. The summed E-state index contributed by atoms with van der Waals surface area (Å²) in [6.07, 6.45) is 8.56. The predicted octanol–water partition coefficient (Wildman–Crippen LogP) is 4.29. The maximum Gasteiger partial charge on any atom is 0.254 e. The van der Waals surface area contributed by atoms with Gasteiger partial charge in [-0.2, -0.15) is 4.31 Å². The topological polar surface area (TPSA) is 57.7 Å². The molecule has 1 heterocycles. The van der Waals surface area contributed by atoms with E-state index in [-0.39, 0.29) is 5.91 Å². The van der Waals surface area contributed by atoms with Crippen molar-refractivity contribution in [2.45, 2.75) is 82.2 Å². The fraction of sp³-hybridized carbons (Fsp3) is 0.696. The van der Waals surface area contributed by atoms with Gasteiger partial charge in [0.05, 0.1) is 4.90 Å². The highest BCUT2D eigenvalue weighted by molar-refractivity contribution is 7.89. The average molecular weight is 419 g/mol. The standard InChI is InChI=1S/C23H34N2O3S/c1-17-3-7-20(8-4-17)25(21-9-10-21)23(26)19-5-11-22(12-6-19)29(27,28)24-15-13-18(2)14-16-24/h5-6,11-12,17-18,20-21H,3-4,7-10,13-16H2,1-2H3. The van der Waals surface area contributed by atoms with Crippen molar-refractivity contribution in [2.24, 2.45) is 11.8 Å². The van der Waals surface area contributed by atoms with Crippen LogP contribution in [0.2, 0.25) is 0 Å². The van der Waals surface area contributed by atoms with Crippen molar-refractivity contribution in [2.75, 3.05) is 13.1 Å². The zero-order valence-electron chi connectivity index (χ0n) is 17.7. The van der Waals surface area contributed by atoms with Gasteiger partial charge in [-0.3, -0.25) is 4.79 Å². The summed E-state index contributed by atoms with van der Waals surface area (Å²) < 4.78 is 27.5. The van der Waals surface area contributed by atoms with Gasteiger partial charge in [-0.25, -0.2) is 8.42 Å². The summed E-state index contributed by atoms with van der Waals surface area (Å²) in [7, 11) is -3.47. The maximum absolute atomic E-state index is 13.3. The van der Waals surface area contributed by atoms with Crippen LogP contribution in [0.4, 0.5) is 0 Å². The van der Waals surface area contributed by atoms with Crippen LogP contribution in [0.3, 0.4) is 0 Å². The Morgan fingerprint density at radius 3 is 1.83 bits per heavy atom. The van der Waals surface area contributed by atoms with E-state index >= 15 is 0 Å². The Bertz CT molecular complexity index is 816. The van der Waals surface area contributed by atoms with E-state index < -0.39 is 10.0 Å². The lowest BCUT2D eigenvalue weighted by atomic mass is 9.86. The molecule has 4 rings (SSSR count). The van der Waals surface area contributed by atoms with Crippen molar-refractivity contribution in [1.29, 1.82) is 0 Å².